The van der Waals surface area contributed by atoms with Crippen LogP contribution in [0.5, 0.6) is 5.75 Å². The van der Waals surface area contributed by atoms with Crippen LogP contribution in [0.1, 0.15) is 9.67 Å². The molecule has 0 radical (unpaired) electrons. The van der Waals surface area contributed by atoms with E-state index in [0.717, 1.165) is 11.3 Å². The summed E-state index contributed by atoms with van der Waals surface area (Å²) >= 11 is 1.10. The molecule has 1 heterocycles. The average molecular weight is 327 g/mol. The lowest BCUT2D eigenvalue weighted by atomic mass is 10.3. The predicted molar refractivity (Wildman–Crippen MR) is 79.5 cm³/mol. The molecule has 21 heavy (non-hydrogen) atoms. The molecule has 0 amide bonds. The zero-order valence-electron chi connectivity index (χ0n) is 11.3. The van der Waals surface area contributed by atoms with Crippen LogP contribution >= 0.6 is 11.3 Å². The molecule has 6 nitrogen and oxygen atoms in total. The fourth-order valence-corrected chi connectivity index (χ4v) is 3.75. The summed E-state index contributed by atoms with van der Waals surface area (Å²) in [5.41, 5.74) is 0.178. The first-order valence-electron chi connectivity index (χ1n) is 5.81. The van der Waals surface area contributed by atoms with Gasteiger partial charge < -0.3 is 9.47 Å². The highest BCUT2D eigenvalue weighted by atomic mass is 32.2. The van der Waals surface area contributed by atoms with Gasteiger partial charge in [0.25, 0.3) is 10.0 Å². The van der Waals surface area contributed by atoms with E-state index in [2.05, 4.69) is 9.46 Å². The maximum atomic E-state index is 12.4. The quantitative estimate of drug-likeness (QED) is 0.853. The Labute approximate surface area is 126 Å². The normalized spacial score (nSPS) is 11.0. The van der Waals surface area contributed by atoms with Crippen molar-refractivity contribution < 1.29 is 22.7 Å². The van der Waals surface area contributed by atoms with Crippen LogP contribution in [-0.4, -0.2) is 28.6 Å². The van der Waals surface area contributed by atoms with E-state index in [1.165, 1.54) is 26.4 Å². The third-order valence-corrected chi connectivity index (χ3v) is 4.94. The smallest absolute Gasteiger partial charge is 0.350 e. The molecule has 0 atom stereocenters. The molecule has 0 fully saturated rings. The Morgan fingerprint density at radius 3 is 2.57 bits per heavy atom. The lowest BCUT2D eigenvalue weighted by Gasteiger charge is -2.11. The number of thiophene rings is 1. The second-order valence-corrected chi connectivity index (χ2v) is 6.48. The van der Waals surface area contributed by atoms with E-state index < -0.39 is 16.0 Å². The van der Waals surface area contributed by atoms with Crippen LogP contribution in [0.3, 0.4) is 0 Å². The van der Waals surface area contributed by atoms with Crippen molar-refractivity contribution in [1.82, 2.24) is 0 Å². The summed E-state index contributed by atoms with van der Waals surface area (Å²) in [5, 5.41) is 1.60. The second-order valence-electron chi connectivity index (χ2n) is 3.91. The molecule has 0 unspecified atom stereocenters. The fraction of sp³-hybridized carbons (Fsp3) is 0.154. The number of hydrogen-bond donors (Lipinski definition) is 1. The molecule has 1 aromatic heterocycles. The van der Waals surface area contributed by atoms with E-state index in [4.69, 9.17) is 4.74 Å². The number of anilines is 1. The highest BCUT2D eigenvalue weighted by Crippen LogP contribution is 2.29. The van der Waals surface area contributed by atoms with Crippen LogP contribution in [-0.2, 0) is 14.8 Å². The van der Waals surface area contributed by atoms with Crippen molar-refractivity contribution in [2.75, 3.05) is 18.9 Å². The Bertz CT molecular complexity index is 751. The van der Waals surface area contributed by atoms with Crippen LogP contribution in [0.15, 0.2) is 40.6 Å². The molecule has 0 spiro atoms. The van der Waals surface area contributed by atoms with Gasteiger partial charge >= 0.3 is 5.97 Å². The second kappa shape index (κ2) is 6.15. The molecule has 2 rings (SSSR count). The number of methoxy groups -OCH3 is 2. The van der Waals surface area contributed by atoms with Crippen LogP contribution in [0.2, 0.25) is 0 Å². The molecule has 0 aliphatic heterocycles. The maximum absolute atomic E-state index is 12.4. The van der Waals surface area contributed by atoms with Gasteiger partial charge in [-0.3, -0.25) is 4.72 Å². The molecule has 0 saturated carbocycles. The first kappa shape index (κ1) is 15.3. The number of benzene rings is 1. The largest absolute Gasteiger partial charge is 0.495 e. The van der Waals surface area contributed by atoms with Gasteiger partial charge in [0.1, 0.15) is 15.5 Å². The molecule has 0 saturated heterocycles. The molecule has 1 aromatic carbocycles. The van der Waals surface area contributed by atoms with Crippen molar-refractivity contribution in [3.05, 3.63) is 40.6 Å². The van der Waals surface area contributed by atoms with Gasteiger partial charge in [0.15, 0.2) is 0 Å². The third kappa shape index (κ3) is 3.17. The first-order valence-corrected chi connectivity index (χ1v) is 8.17. The summed E-state index contributed by atoms with van der Waals surface area (Å²) in [6.45, 7) is 0. The van der Waals surface area contributed by atoms with Crippen molar-refractivity contribution >= 4 is 33.0 Å². The summed E-state index contributed by atoms with van der Waals surface area (Å²) in [6, 6.07) is 7.73. The Morgan fingerprint density at radius 2 is 1.90 bits per heavy atom. The molecule has 0 bridgehead atoms. The van der Waals surface area contributed by atoms with Gasteiger partial charge in [0.05, 0.1) is 19.9 Å². The Kier molecular flexibility index (Phi) is 4.49. The van der Waals surface area contributed by atoms with Gasteiger partial charge in [-0.05, 0) is 23.6 Å². The average Bonchev–Trinajstić information content (AvgIpc) is 2.93. The summed E-state index contributed by atoms with van der Waals surface area (Å²) in [7, 11) is -1.24. The van der Waals surface area contributed by atoms with Crippen molar-refractivity contribution in [3.8, 4) is 5.75 Å². The number of ether oxygens (including phenoxy) is 2. The first-order chi connectivity index (χ1) is 9.99. The molecular weight excluding hydrogens is 314 g/mol. The molecule has 1 N–H and O–H groups in total. The van der Waals surface area contributed by atoms with E-state index in [1.807, 2.05) is 0 Å². The van der Waals surface area contributed by atoms with Crippen molar-refractivity contribution in [3.63, 3.8) is 0 Å². The minimum Gasteiger partial charge on any atom is -0.495 e. The van der Waals surface area contributed by atoms with Crippen LogP contribution in [0, 0.1) is 0 Å². The predicted octanol–water partition coefficient (Wildman–Crippen LogP) is 2.34. The standard InChI is InChI=1S/C13H13NO5S2/c1-18-10-5-3-4-6-11(10)21(16,17)14-9-7-8-20-12(9)13(15)19-2/h3-8,14H,1-2H3. The van der Waals surface area contributed by atoms with Crippen molar-refractivity contribution in [2.45, 2.75) is 4.90 Å². The van der Waals surface area contributed by atoms with Crippen LogP contribution in [0.25, 0.3) is 0 Å². The van der Waals surface area contributed by atoms with E-state index in [1.54, 1.807) is 23.6 Å². The highest BCUT2D eigenvalue weighted by molar-refractivity contribution is 7.92. The fourth-order valence-electron chi connectivity index (χ4n) is 1.68. The topological polar surface area (TPSA) is 81.7 Å². The number of esters is 1. The van der Waals surface area contributed by atoms with E-state index >= 15 is 0 Å². The van der Waals surface area contributed by atoms with E-state index in [0.29, 0.717) is 0 Å². The number of para-hydroxylation sites is 1. The van der Waals surface area contributed by atoms with Crippen molar-refractivity contribution in [1.29, 1.82) is 0 Å². The minimum atomic E-state index is -3.87. The SMILES string of the molecule is COC(=O)c1sccc1NS(=O)(=O)c1ccccc1OC. The highest BCUT2D eigenvalue weighted by Gasteiger charge is 2.23. The molecule has 2 aromatic rings. The Hall–Kier alpha value is -2.06. The number of sulfonamides is 1. The van der Waals surface area contributed by atoms with E-state index in [9.17, 15) is 13.2 Å². The summed E-state index contributed by atoms with van der Waals surface area (Å²) < 4.78 is 36.8. The van der Waals surface area contributed by atoms with E-state index in [-0.39, 0.29) is 21.2 Å². The molecule has 0 aliphatic rings. The lowest BCUT2D eigenvalue weighted by molar-refractivity contribution is 0.0607. The summed E-state index contributed by atoms with van der Waals surface area (Å²) in [4.78, 5) is 11.8. The Morgan fingerprint density at radius 1 is 1.19 bits per heavy atom. The van der Waals surface area contributed by atoms with Gasteiger partial charge in [-0.15, -0.1) is 11.3 Å². The van der Waals surface area contributed by atoms with Crippen molar-refractivity contribution in [2.24, 2.45) is 0 Å². The third-order valence-electron chi connectivity index (χ3n) is 2.64. The number of carbonyl (C=O) groups excluding carboxylic acids is 1. The maximum Gasteiger partial charge on any atom is 0.350 e. The number of hydrogen-bond acceptors (Lipinski definition) is 6. The van der Waals surface area contributed by atoms with Gasteiger partial charge in [0, 0.05) is 0 Å². The van der Waals surface area contributed by atoms with Crippen LogP contribution < -0.4 is 9.46 Å². The monoisotopic (exact) mass is 327 g/mol. The minimum absolute atomic E-state index is 0.00508. The molecule has 112 valence electrons. The van der Waals surface area contributed by atoms with Gasteiger partial charge in [-0.2, -0.15) is 0 Å². The molecule has 8 heteroatoms. The summed E-state index contributed by atoms with van der Waals surface area (Å²) in [5.74, 6) is -0.373. The van der Waals surface area contributed by atoms with Gasteiger partial charge in [-0.1, -0.05) is 12.1 Å². The zero-order valence-corrected chi connectivity index (χ0v) is 13.0. The number of nitrogens with one attached hydrogen (secondary N) is 1. The lowest BCUT2D eigenvalue weighted by Crippen LogP contribution is -2.15. The summed E-state index contributed by atoms with van der Waals surface area (Å²) in [6.07, 6.45) is 0. The molecular formula is C13H13NO5S2. The number of rotatable bonds is 5. The van der Waals surface area contributed by atoms with Gasteiger partial charge in [-0.25, -0.2) is 13.2 Å². The zero-order chi connectivity index (χ0) is 15.5. The van der Waals surface area contributed by atoms with Gasteiger partial charge in [0.2, 0.25) is 0 Å². The molecule has 0 aliphatic carbocycles. The van der Waals surface area contributed by atoms with Crippen LogP contribution in [0.4, 0.5) is 5.69 Å². The number of carbonyl (C=O) groups is 1. The Balaban J connectivity index is 2.39.